The van der Waals surface area contributed by atoms with E-state index in [2.05, 4.69) is 11.4 Å². The summed E-state index contributed by atoms with van der Waals surface area (Å²) in [6, 6.07) is 6.15. The Morgan fingerprint density at radius 3 is 2.64 bits per heavy atom. The van der Waals surface area contributed by atoms with E-state index in [0.717, 1.165) is 24.2 Å². The average molecular weight is 342 g/mol. The van der Waals surface area contributed by atoms with Gasteiger partial charge in [0.1, 0.15) is 0 Å². The van der Waals surface area contributed by atoms with Crippen LogP contribution in [0.25, 0.3) is 0 Å². The van der Waals surface area contributed by atoms with E-state index in [9.17, 15) is 9.59 Å². The number of benzene rings is 1. The van der Waals surface area contributed by atoms with Crippen molar-refractivity contribution in [2.75, 3.05) is 11.9 Å². The third kappa shape index (κ3) is 4.62. The van der Waals surface area contributed by atoms with Crippen molar-refractivity contribution < 1.29 is 9.59 Å². The molecule has 3 rings (SSSR count). The fraction of sp³-hybridized carbons (Fsp3) is 0.619. The molecular formula is C21H30N2O2. The lowest BCUT2D eigenvalue weighted by atomic mass is 9.87. The summed E-state index contributed by atoms with van der Waals surface area (Å²) in [6.07, 6.45) is 7.73. The molecule has 0 aromatic heterocycles. The number of amides is 2. The van der Waals surface area contributed by atoms with E-state index in [-0.39, 0.29) is 17.7 Å². The van der Waals surface area contributed by atoms with Gasteiger partial charge in [0, 0.05) is 31.1 Å². The van der Waals surface area contributed by atoms with Gasteiger partial charge in [0.25, 0.3) is 0 Å². The highest BCUT2D eigenvalue weighted by molar-refractivity contribution is 5.91. The van der Waals surface area contributed by atoms with Gasteiger partial charge in [-0.25, -0.2) is 0 Å². The molecule has 1 saturated carbocycles. The van der Waals surface area contributed by atoms with Crippen LogP contribution in [-0.2, 0) is 22.6 Å². The molecular weight excluding hydrogens is 312 g/mol. The molecule has 1 aliphatic carbocycles. The van der Waals surface area contributed by atoms with Gasteiger partial charge in [-0.1, -0.05) is 39.2 Å². The molecule has 1 aromatic rings. The second-order valence-electron chi connectivity index (χ2n) is 7.90. The molecule has 0 bridgehead atoms. The number of anilines is 1. The summed E-state index contributed by atoms with van der Waals surface area (Å²) >= 11 is 0. The van der Waals surface area contributed by atoms with Gasteiger partial charge in [-0.15, -0.1) is 0 Å². The zero-order chi connectivity index (χ0) is 17.8. The molecule has 25 heavy (non-hydrogen) atoms. The minimum absolute atomic E-state index is 0.0277. The van der Waals surface area contributed by atoms with E-state index < -0.39 is 0 Å². The summed E-state index contributed by atoms with van der Waals surface area (Å²) in [5.41, 5.74) is 3.31. The molecule has 0 spiro atoms. The van der Waals surface area contributed by atoms with Gasteiger partial charge in [0.2, 0.25) is 11.8 Å². The van der Waals surface area contributed by atoms with Crippen LogP contribution >= 0.6 is 0 Å². The number of nitrogens with zero attached hydrogens (tertiary/aromatic N) is 1. The van der Waals surface area contributed by atoms with Crippen molar-refractivity contribution >= 4 is 17.5 Å². The van der Waals surface area contributed by atoms with Crippen LogP contribution < -0.4 is 5.32 Å². The van der Waals surface area contributed by atoms with Crippen LogP contribution in [0.1, 0.15) is 63.5 Å². The molecule has 0 radical (unpaired) electrons. The number of carbonyl (C=O) groups is 2. The molecule has 136 valence electrons. The predicted molar refractivity (Wildman–Crippen MR) is 100 cm³/mol. The highest BCUT2D eigenvalue weighted by Gasteiger charge is 2.23. The number of fused-ring (bicyclic) bond motifs is 1. The lowest BCUT2D eigenvalue weighted by Crippen LogP contribution is -2.38. The summed E-state index contributed by atoms with van der Waals surface area (Å²) in [7, 11) is 0. The number of carbonyl (C=O) groups excluding carboxylic acids is 2. The van der Waals surface area contributed by atoms with Gasteiger partial charge in [0.15, 0.2) is 0 Å². The summed E-state index contributed by atoms with van der Waals surface area (Å²) in [5, 5.41) is 3.06. The van der Waals surface area contributed by atoms with Crippen molar-refractivity contribution in [2.45, 2.75) is 65.3 Å². The lowest BCUT2D eigenvalue weighted by molar-refractivity contribution is -0.135. The first-order valence-corrected chi connectivity index (χ1v) is 9.73. The van der Waals surface area contributed by atoms with E-state index in [1.165, 1.54) is 37.7 Å². The van der Waals surface area contributed by atoms with Crippen LogP contribution in [0.4, 0.5) is 5.69 Å². The highest BCUT2D eigenvalue weighted by atomic mass is 16.2. The third-order valence-corrected chi connectivity index (χ3v) is 5.51. The van der Waals surface area contributed by atoms with E-state index in [1.807, 2.05) is 30.9 Å². The topological polar surface area (TPSA) is 49.4 Å². The van der Waals surface area contributed by atoms with Crippen LogP contribution in [0, 0.1) is 11.8 Å². The predicted octanol–water partition coefficient (Wildman–Crippen LogP) is 4.14. The summed E-state index contributed by atoms with van der Waals surface area (Å²) in [4.78, 5) is 26.5. The van der Waals surface area contributed by atoms with Gasteiger partial charge in [-0.05, 0) is 48.4 Å². The molecule has 0 unspecified atom stereocenters. The highest BCUT2D eigenvalue weighted by Crippen LogP contribution is 2.27. The zero-order valence-corrected chi connectivity index (χ0v) is 15.5. The average Bonchev–Trinajstić information content (AvgIpc) is 2.61. The summed E-state index contributed by atoms with van der Waals surface area (Å²) < 4.78 is 0. The van der Waals surface area contributed by atoms with Crippen molar-refractivity contribution in [2.24, 2.45) is 11.8 Å². The number of rotatable bonds is 4. The maximum Gasteiger partial charge on any atom is 0.225 e. The molecule has 1 fully saturated rings. The number of hydrogen-bond donors (Lipinski definition) is 1. The Morgan fingerprint density at radius 1 is 1.16 bits per heavy atom. The quantitative estimate of drug-likeness (QED) is 0.894. The Hall–Kier alpha value is -1.84. The van der Waals surface area contributed by atoms with Crippen molar-refractivity contribution in [1.82, 2.24) is 4.90 Å². The molecule has 1 heterocycles. The number of nitrogens with one attached hydrogen (secondary N) is 1. The minimum Gasteiger partial charge on any atom is -0.338 e. The van der Waals surface area contributed by atoms with Crippen molar-refractivity contribution in [3.8, 4) is 0 Å². The van der Waals surface area contributed by atoms with Crippen molar-refractivity contribution in [3.63, 3.8) is 0 Å². The molecule has 1 N–H and O–H groups in total. The SMILES string of the molecule is CC(C)C(=O)N1CCc2ccc(NC(=O)CC3CCCCC3)cc2C1. The van der Waals surface area contributed by atoms with Gasteiger partial charge in [-0.3, -0.25) is 9.59 Å². The van der Waals surface area contributed by atoms with E-state index in [4.69, 9.17) is 0 Å². The van der Waals surface area contributed by atoms with Crippen LogP contribution in [0.2, 0.25) is 0 Å². The van der Waals surface area contributed by atoms with Crippen LogP contribution in [-0.4, -0.2) is 23.3 Å². The van der Waals surface area contributed by atoms with Crippen molar-refractivity contribution in [3.05, 3.63) is 29.3 Å². The second-order valence-corrected chi connectivity index (χ2v) is 7.90. The van der Waals surface area contributed by atoms with E-state index in [1.54, 1.807) is 0 Å². The Labute approximate surface area is 151 Å². The molecule has 1 aromatic carbocycles. The molecule has 0 saturated heterocycles. The van der Waals surface area contributed by atoms with Gasteiger partial charge >= 0.3 is 0 Å². The summed E-state index contributed by atoms with van der Waals surface area (Å²) in [5.74, 6) is 0.903. The lowest BCUT2D eigenvalue weighted by Gasteiger charge is -2.30. The van der Waals surface area contributed by atoms with Gasteiger partial charge in [0.05, 0.1) is 0 Å². The fourth-order valence-corrected chi connectivity index (χ4v) is 4.05. The van der Waals surface area contributed by atoms with Gasteiger partial charge < -0.3 is 10.2 Å². The fourth-order valence-electron chi connectivity index (χ4n) is 4.05. The first kappa shape index (κ1) is 18.0. The van der Waals surface area contributed by atoms with E-state index in [0.29, 0.717) is 18.9 Å². The maximum atomic E-state index is 12.3. The monoisotopic (exact) mass is 342 g/mol. The zero-order valence-electron chi connectivity index (χ0n) is 15.5. The van der Waals surface area contributed by atoms with Crippen LogP contribution in [0.15, 0.2) is 18.2 Å². The molecule has 4 heteroatoms. The first-order chi connectivity index (χ1) is 12.0. The van der Waals surface area contributed by atoms with Crippen LogP contribution in [0.3, 0.4) is 0 Å². The number of hydrogen-bond acceptors (Lipinski definition) is 2. The Bertz CT molecular complexity index is 633. The summed E-state index contributed by atoms with van der Waals surface area (Å²) in [6.45, 7) is 5.33. The van der Waals surface area contributed by atoms with E-state index >= 15 is 0 Å². The standard InChI is InChI=1S/C21H30N2O2/c1-15(2)21(25)23-11-10-17-8-9-19(13-18(17)14-23)22-20(24)12-16-6-4-3-5-7-16/h8-9,13,15-16H,3-7,10-12,14H2,1-2H3,(H,22,24). The Kier molecular flexibility index (Phi) is 5.77. The smallest absolute Gasteiger partial charge is 0.225 e. The molecule has 4 nitrogen and oxygen atoms in total. The normalized spacial score (nSPS) is 18.1. The third-order valence-electron chi connectivity index (χ3n) is 5.51. The molecule has 2 aliphatic rings. The Morgan fingerprint density at radius 2 is 1.92 bits per heavy atom. The van der Waals surface area contributed by atoms with Crippen molar-refractivity contribution in [1.29, 1.82) is 0 Å². The largest absolute Gasteiger partial charge is 0.338 e. The van der Waals surface area contributed by atoms with Gasteiger partial charge in [-0.2, -0.15) is 0 Å². The van der Waals surface area contributed by atoms with Crippen LogP contribution in [0.5, 0.6) is 0 Å². The minimum atomic E-state index is 0.0277. The molecule has 2 amide bonds. The molecule has 0 atom stereocenters. The Balaban J connectivity index is 1.61. The maximum absolute atomic E-state index is 12.3. The first-order valence-electron chi connectivity index (χ1n) is 9.73. The molecule has 1 aliphatic heterocycles. The second kappa shape index (κ2) is 8.03.